The molecule has 0 unspecified atom stereocenters. The normalized spacial score (nSPS) is 16.5. The van der Waals surface area contributed by atoms with Crippen LogP contribution in [0.2, 0.25) is 0 Å². The molecular weight excluding hydrogens is 372 g/mol. The number of amidine groups is 1. The predicted molar refractivity (Wildman–Crippen MR) is 99.3 cm³/mol. The van der Waals surface area contributed by atoms with Gasteiger partial charge in [-0.05, 0) is 53.7 Å². The number of thioether (sulfide) groups is 1. The van der Waals surface area contributed by atoms with Crippen LogP contribution in [-0.4, -0.2) is 38.3 Å². The molecule has 9 heteroatoms. The Kier molecular flexibility index (Phi) is 4.95. The van der Waals surface area contributed by atoms with Crippen molar-refractivity contribution < 1.29 is 29.7 Å². The maximum Gasteiger partial charge on any atom is 0.338 e. The van der Waals surface area contributed by atoms with Gasteiger partial charge in [0.2, 0.25) is 0 Å². The molecule has 0 radical (unpaired) electrons. The number of aliphatic imine (C=N–C) groups is 1. The fraction of sp³-hybridized carbons (Fsp3) is 0. The zero-order valence-corrected chi connectivity index (χ0v) is 14.4. The summed E-state index contributed by atoms with van der Waals surface area (Å²) in [6.45, 7) is 0. The summed E-state index contributed by atoms with van der Waals surface area (Å²) >= 11 is 1.02. The quantitative estimate of drug-likeness (QED) is 0.595. The number of phenolic OH excluding ortho intramolecular Hbond substituents is 1. The minimum absolute atomic E-state index is 0.0927. The molecule has 27 heavy (non-hydrogen) atoms. The average molecular weight is 384 g/mol. The lowest BCUT2D eigenvalue weighted by molar-refractivity contribution is -0.115. The van der Waals surface area contributed by atoms with Gasteiger partial charge in [-0.3, -0.25) is 4.79 Å². The van der Waals surface area contributed by atoms with Gasteiger partial charge in [0.15, 0.2) is 5.17 Å². The van der Waals surface area contributed by atoms with Crippen molar-refractivity contribution in [2.45, 2.75) is 0 Å². The Balaban J connectivity index is 1.86. The minimum Gasteiger partial charge on any atom is -0.508 e. The number of hydrogen-bond acceptors (Lipinski definition) is 6. The van der Waals surface area contributed by atoms with Gasteiger partial charge in [-0.25, -0.2) is 14.6 Å². The summed E-state index contributed by atoms with van der Waals surface area (Å²) in [6, 6.07) is 9.71. The first-order valence-electron chi connectivity index (χ1n) is 7.53. The van der Waals surface area contributed by atoms with Crippen LogP contribution in [-0.2, 0) is 4.79 Å². The summed E-state index contributed by atoms with van der Waals surface area (Å²) < 4.78 is 0. The number of carbonyl (C=O) groups excluding carboxylic acids is 1. The van der Waals surface area contributed by atoms with Crippen LogP contribution < -0.4 is 5.32 Å². The number of hydrogen-bond donors (Lipinski definition) is 4. The van der Waals surface area contributed by atoms with Gasteiger partial charge in [0.25, 0.3) is 5.91 Å². The van der Waals surface area contributed by atoms with Gasteiger partial charge >= 0.3 is 11.9 Å². The molecule has 1 aliphatic rings. The van der Waals surface area contributed by atoms with E-state index < -0.39 is 17.8 Å². The summed E-state index contributed by atoms with van der Waals surface area (Å²) in [7, 11) is 0. The van der Waals surface area contributed by atoms with Gasteiger partial charge in [-0.1, -0.05) is 12.1 Å². The van der Waals surface area contributed by atoms with Crippen LogP contribution in [0, 0.1) is 0 Å². The Hall–Kier alpha value is -3.59. The van der Waals surface area contributed by atoms with Crippen molar-refractivity contribution in [3.05, 3.63) is 64.1 Å². The van der Waals surface area contributed by atoms with E-state index in [9.17, 15) is 24.6 Å². The molecule has 0 aliphatic carbocycles. The molecule has 1 aliphatic heterocycles. The number of rotatable bonds is 4. The maximum atomic E-state index is 12.1. The van der Waals surface area contributed by atoms with E-state index in [2.05, 4.69) is 10.3 Å². The Morgan fingerprint density at radius 2 is 1.74 bits per heavy atom. The number of carbonyl (C=O) groups is 3. The Bertz CT molecular complexity index is 1010. The van der Waals surface area contributed by atoms with E-state index in [4.69, 9.17) is 5.11 Å². The van der Waals surface area contributed by atoms with Crippen LogP contribution >= 0.6 is 11.8 Å². The van der Waals surface area contributed by atoms with Crippen molar-refractivity contribution in [3.63, 3.8) is 0 Å². The highest BCUT2D eigenvalue weighted by Gasteiger charge is 2.24. The second-order valence-corrected chi connectivity index (χ2v) is 6.45. The summed E-state index contributed by atoms with van der Waals surface area (Å²) in [5.74, 6) is -2.91. The predicted octanol–water partition coefficient (Wildman–Crippen LogP) is 2.68. The molecule has 0 bridgehead atoms. The van der Waals surface area contributed by atoms with E-state index in [-0.39, 0.29) is 27.7 Å². The molecule has 8 nitrogen and oxygen atoms in total. The van der Waals surface area contributed by atoms with Gasteiger partial charge in [0, 0.05) is 0 Å². The zero-order valence-electron chi connectivity index (χ0n) is 13.5. The lowest BCUT2D eigenvalue weighted by Crippen LogP contribution is -2.19. The van der Waals surface area contributed by atoms with Crippen LogP contribution in [0.1, 0.15) is 26.3 Å². The van der Waals surface area contributed by atoms with E-state index in [1.165, 1.54) is 24.3 Å². The summed E-state index contributed by atoms with van der Waals surface area (Å²) in [6.07, 6.45) is 1.57. The molecule has 2 aromatic rings. The average Bonchev–Trinajstić information content (AvgIpc) is 2.96. The third kappa shape index (κ3) is 4.15. The van der Waals surface area contributed by atoms with E-state index in [0.717, 1.165) is 17.8 Å². The number of carboxylic acids is 2. The van der Waals surface area contributed by atoms with Crippen molar-refractivity contribution >= 4 is 46.5 Å². The zero-order chi connectivity index (χ0) is 19.6. The van der Waals surface area contributed by atoms with Crippen LogP contribution in [0.15, 0.2) is 52.4 Å². The molecule has 0 aromatic heterocycles. The lowest BCUT2D eigenvalue weighted by Gasteiger charge is -2.02. The largest absolute Gasteiger partial charge is 0.508 e. The van der Waals surface area contributed by atoms with E-state index in [0.29, 0.717) is 10.5 Å². The molecule has 1 saturated heterocycles. The van der Waals surface area contributed by atoms with Crippen molar-refractivity contribution in [1.29, 1.82) is 0 Å². The second-order valence-electron chi connectivity index (χ2n) is 5.42. The van der Waals surface area contributed by atoms with Crippen molar-refractivity contribution in [2.75, 3.05) is 0 Å². The standard InChI is InChI=1S/C18H12N2O6S/c21-11-5-6-13(12(8-11)17(25)26)19-18-20-15(22)14(27-18)7-9-1-3-10(4-2-9)16(23)24/h1-8,21H,(H,23,24)(H,25,26)(H,19,20,22)/b14-7-. The fourth-order valence-corrected chi connectivity index (χ4v) is 3.09. The highest BCUT2D eigenvalue weighted by molar-refractivity contribution is 8.18. The number of nitrogens with zero attached hydrogens (tertiary/aromatic N) is 1. The van der Waals surface area contributed by atoms with Gasteiger partial charge in [-0.2, -0.15) is 0 Å². The second kappa shape index (κ2) is 7.34. The van der Waals surface area contributed by atoms with Gasteiger partial charge in [0.05, 0.1) is 21.7 Å². The molecule has 1 heterocycles. The molecule has 2 aromatic carbocycles. The summed E-state index contributed by atoms with van der Waals surface area (Å²) in [4.78, 5) is 38.7. The molecule has 0 atom stereocenters. The molecule has 0 spiro atoms. The van der Waals surface area contributed by atoms with Crippen molar-refractivity contribution in [3.8, 4) is 5.75 Å². The Labute approximate surface area is 156 Å². The lowest BCUT2D eigenvalue weighted by atomic mass is 10.1. The van der Waals surface area contributed by atoms with Gasteiger partial charge in [0.1, 0.15) is 5.75 Å². The first-order chi connectivity index (χ1) is 12.8. The van der Waals surface area contributed by atoms with Crippen LogP contribution in [0.4, 0.5) is 5.69 Å². The first kappa shape index (κ1) is 18.2. The highest BCUT2D eigenvalue weighted by atomic mass is 32.2. The van der Waals surface area contributed by atoms with E-state index >= 15 is 0 Å². The van der Waals surface area contributed by atoms with Crippen molar-refractivity contribution in [1.82, 2.24) is 5.32 Å². The molecule has 3 rings (SSSR count). The number of aromatic hydroxyl groups is 1. The van der Waals surface area contributed by atoms with Crippen molar-refractivity contribution in [2.24, 2.45) is 4.99 Å². The monoisotopic (exact) mass is 384 g/mol. The smallest absolute Gasteiger partial charge is 0.338 e. The number of benzene rings is 2. The number of amides is 1. The molecular formula is C18H12N2O6S. The Morgan fingerprint density at radius 1 is 1.04 bits per heavy atom. The summed E-state index contributed by atoms with van der Waals surface area (Å²) in [5, 5.41) is 30.2. The fourth-order valence-electron chi connectivity index (χ4n) is 2.26. The van der Waals surface area contributed by atoms with Gasteiger partial charge < -0.3 is 20.6 Å². The van der Waals surface area contributed by atoms with Crippen LogP contribution in [0.5, 0.6) is 5.75 Å². The van der Waals surface area contributed by atoms with Gasteiger partial charge in [-0.15, -0.1) is 0 Å². The molecule has 0 saturated carbocycles. The Morgan fingerprint density at radius 3 is 2.37 bits per heavy atom. The third-order valence-corrected chi connectivity index (χ3v) is 4.45. The number of aromatic carboxylic acids is 2. The summed E-state index contributed by atoms with van der Waals surface area (Å²) in [5.41, 5.74) is 0.667. The number of phenols is 1. The van der Waals surface area contributed by atoms with Crippen LogP contribution in [0.25, 0.3) is 6.08 Å². The number of carboxylic acid groups (broad SMARTS) is 2. The maximum absolute atomic E-state index is 12.1. The minimum atomic E-state index is -1.26. The number of nitrogens with one attached hydrogen (secondary N) is 1. The van der Waals surface area contributed by atoms with E-state index in [1.54, 1.807) is 18.2 Å². The SMILES string of the molecule is O=C1NC(=Nc2ccc(O)cc2C(=O)O)S/C1=C\c1ccc(C(=O)O)cc1. The highest BCUT2D eigenvalue weighted by Crippen LogP contribution is 2.30. The third-order valence-electron chi connectivity index (χ3n) is 3.54. The molecule has 4 N–H and O–H groups in total. The van der Waals surface area contributed by atoms with Crippen LogP contribution in [0.3, 0.4) is 0 Å². The molecule has 136 valence electrons. The topological polar surface area (TPSA) is 136 Å². The molecule has 1 amide bonds. The first-order valence-corrected chi connectivity index (χ1v) is 8.34. The van der Waals surface area contributed by atoms with E-state index in [1.807, 2.05) is 0 Å². The molecule has 1 fully saturated rings.